The Morgan fingerprint density at radius 1 is 1.02 bits per heavy atom. The molecule has 2 aliphatic rings. The van der Waals surface area contributed by atoms with Crippen LogP contribution in [0.5, 0.6) is 0 Å². The van der Waals surface area contributed by atoms with E-state index in [0.29, 0.717) is 27.7 Å². The zero-order valence-corrected chi connectivity index (χ0v) is 29.1. The summed E-state index contributed by atoms with van der Waals surface area (Å²) in [6, 6.07) is 11.4. The lowest BCUT2D eigenvalue weighted by Crippen LogP contribution is -2.43. The van der Waals surface area contributed by atoms with Gasteiger partial charge < -0.3 is 31.0 Å². The summed E-state index contributed by atoms with van der Waals surface area (Å²) in [5.41, 5.74) is 2.80. The van der Waals surface area contributed by atoms with Gasteiger partial charge in [0.2, 0.25) is 5.91 Å². The van der Waals surface area contributed by atoms with Gasteiger partial charge in [-0.15, -0.1) is 0 Å². The molecule has 0 bridgehead atoms. The zero-order valence-electron chi connectivity index (χ0n) is 27.5. The van der Waals surface area contributed by atoms with Gasteiger partial charge in [-0.25, -0.2) is 4.68 Å². The number of anilines is 2. The van der Waals surface area contributed by atoms with Crippen LogP contribution in [0.15, 0.2) is 57.9 Å². The average molecular weight is 736 g/mol. The highest BCUT2D eigenvalue weighted by atomic mass is 79.9. The van der Waals surface area contributed by atoms with E-state index >= 15 is 0 Å². The van der Waals surface area contributed by atoms with Crippen molar-refractivity contribution in [3.63, 3.8) is 0 Å². The van der Waals surface area contributed by atoms with Gasteiger partial charge in [0.15, 0.2) is 0 Å². The van der Waals surface area contributed by atoms with Crippen LogP contribution >= 0.6 is 15.9 Å². The molecule has 5 rings (SSSR count). The van der Waals surface area contributed by atoms with Gasteiger partial charge in [0.1, 0.15) is 10.8 Å². The molecule has 3 unspecified atom stereocenters. The molecule has 2 aliphatic heterocycles. The predicted molar refractivity (Wildman–Crippen MR) is 187 cm³/mol. The van der Waals surface area contributed by atoms with E-state index in [1.54, 1.807) is 37.5 Å². The third-order valence-electron chi connectivity index (χ3n) is 8.82. The number of hydrogen-bond donors (Lipinski definition) is 4. The Morgan fingerprint density at radius 3 is 2.49 bits per heavy atom. The normalized spacial score (nSPS) is 18.1. The monoisotopic (exact) mass is 734 g/mol. The highest BCUT2D eigenvalue weighted by Crippen LogP contribution is 2.32. The van der Waals surface area contributed by atoms with E-state index in [1.807, 2.05) is 12.1 Å². The van der Waals surface area contributed by atoms with Crippen LogP contribution < -0.4 is 26.8 Å². The van der Waals surface area contributed by atoms with Crippen LogP contribution in [0.3, 0.4) is 0 Å². The highest BCUT2D eigenvalue weighted by molar-refractivity contribution is 9.10. The van der Waals surface area contributed by atoms with Crippen LogP contribution in [0.1, 0.15) is 61.8 Å². The standard InChI is InChI=1S/C34H39BrN8O6/c1-36-28(45)12-11-24(19-44)43-32(47)25-5-4-6-26(29(25)33(43)48)37-13-14-38-31(46)21-9-7-20(8-10-21)22-15-23(18-41(2)17-22)40-27-16-39-42(3)34(49)30(27)35/h4-10,16,19,22-24,37,40H,11-15,17-18H2,1-3H3,(H,36,45)(H,38,46). The molecule has 1 saturated heterocycles. The molecule has 4 N–H and O–H groups in total. The summed E-state index contributed by atoms with van der Waals surface area (Å²) >= 11 is 3.39. The molecule has 0 radical (unpaired) electrons. The lowest BCUT2D eigenvalue weighted by Gasteiger charge is -2.37. The number of likely N-dealkylation sites (N-methyl/N-ethyl adjacent to an activating group) is 1. The Balaban J connectivity index is 1.14. The number of carbonyl (C=O) groups excluding carboxylic acids is 5. The van der Waals surface area contributed by atoms with E-state index < -0.39 is 17.9 Å². The zero-order chi connectivity index (χ0) is 35.2. The van der Waals surface area contributed by atoms with E-state index in [2.05, 4.69) is 54.2 Å². The van der Waals surface area contributed by atoms with Gasteiger partial charge in [0.25, 0.3) is 23.3 Å². The molecule has 2 aromatic carbocycles. The van der Waals surface area contributed by atoms with Crippen molar-refractivity contribution in [1.82, 2.24) is 30.2 Å². The molecular formula is C34H39BrN8O6. The van der Waals surface area contributed by atoms with E-state index in [0.717, 1.165) is 30.0 Å². The first kappa shape index (κ1) is 35.4. The first-order valence-corrected chi connectivity index (χ1v) is 16.8. The number of amides is 4. The third kappa shape index (κ3) is 7.89. The van der Waals surface area contributed by atoms with Crippen molar-refractivity contribution in [2.24, 2.45) is 7.05 Å². The van der Waals surface area contributed by atoms with E-state index in [1.165, 1.54) is 17.8 Å². The number of aromatic nitrogens is 2. The summed E-state index contributed by atoms with van der Waals surface area (Å²) < 4.78 is 1.72. The second-order valence-corrected chi connectivity index (χ2v) is 13.0. The number of hydrogen-bond acceptors (Lipinski definition) is 10. The molecular weight excluding hydrogens is 696 g/mol. The Hall–Kier alpha value is -4.89. The molecule has 0 saturated carbocycles. The summed E-state index contributed by atoms with van der Waals surface area (Å²) in [6.07, 6.45) is 3.00. The molecule has 1 aromatic heterocycles. The summed E-state index contributed by atoms with van der Waals surface area (Å²) in [4.78, 5) is 78.1. The molecule has 3 heterocycles. The fourth-order valence-electron chi connectivity index (χ4n) is 6.29. The van der Waals surface area contributed by atoms with Crippen LogP contribution in [0.2, 0.25) is 0 Å². The maximum Gasteiger partial charge on any atom is 0.282 e. The fraction of sp³-hybridized carbons (Fsp3) is 0.382. The number of rotatable bonds is 13. The number of likely N-dealkylation sites (tertiary alicyclic amines) is 1. The topological polar surface area (TPSA) is 175 Å². The first-order chi connectivity index (χ1) is 23.5. The SMILES string of the molecule is CNC(=O)CCC(C=O)N1C(=O)c2cccc(NCCNC(=O)c3ccc(C4CC(Nc5cnn(C)c(=O)c5Br)CN(C)C4)cc3)c2C1=O. The molecule has 14 nitrogen and oxygen atoms in total. The van der Waals surface area contributed by atoms with Crippen molar-refractivity contribution in [2.75, 3.05) is 50.9 Å². The second-order valence-electron chi connectivity index (χ2n) is 12.2. The number of benzene rings is 2. The summed E-state index contributed by atoms with van der Waals surface area (Å²) in [5.74, 6) is -1.53. The number of fused-ring (bicyclic) bond motifs is 1. The second kappa shape index (κ2) is 15.6. The van der Waals surface area contributed by atoms with Gasteiger partial charge in [-0.1, -0.05) is 18.2 Å². The van der Waals surface area contributed by atoms with Gasteiger partial charge in [0, 0.05) is 64.0 Å². The fourth-order valence-corrected chi connectivity index (χ4v) is 6.77. The molecule has 1 fully saturated rings. The molecule has 15 heteroatoms. The number of halogens is 1. The summed E-state index contributed by atoms with van der Waals surface area (Å²) in [7, 11) is 5.13. The van der Waals surface area contributed by atoms with E-state index in [4.69, 9.17) is 0 Å². The Morgan fingerprint density at radius 2 is 1.78 bits per heavy atom. The minimum Gasteiger partial charge on any atom is -0.383 e. The van der Waals surface area contributed by atoms with Crippen LogP contribution in [-0.2, 0) is 16.6 Å². The Labute approximate surface area is 291 Å². The van der Waals surface area contributed by atoms with Crippen LogP contribution in [0, 0.1) is 0 Å². The molecule has 49 heavy (non-hydrogen) atoms. The number of carbonyl (C=O) groups is 5. The number of piperidine rings is 1. The van der Waals surface area contributed by atoms with Crippen LogP contribution in [0.25, 0.3) is 0 Å². The minimum atomic E-state index is -1.06. The maximum absolute atomic E-state index is 13.3. The number of nitrogens with zero attached hydrogens (tertiary/aromatic N) is 4. The predicted octanol–water partition coefficient (Wildman–Crippen LogP) is 1.97. The number of nitrogens with one attached hydrogen (secondary N) is 4. The van der Waals surface area contributed by atoms with E-state index in [-0.39, 0.29) is 66.4 Å². The number of imide groups is 1. The van der Waals surface area contributed by atoms with Crippen molar-refractivity contribution in [3.05, 3.63) is 85.7 Å². The third-order valence-corrected chi connectivity index (χ3v) is 9.59. The van der Waals surface area contributed by atoms with Gasteiger partial charge in [-0.3, -0.25) is 28.9 Å². The lowest BCUT2D eigenvalue weighted by molar-refractivity contribution is -0.121. The van der Waals surface area contributed by atoms with E-state index in [9.17, 15) is 28.8 Å². The molecule has 4 amide bonds. The molecule has 258 valence electrons. The molecule has 0 aliphatic carbocycles. The molecule has 0 spiro atoms. The van der Waals surface area contributed by atoms with Crippen LogP contribution in [0.4, 0.5) is 11.4 Å². The van der Waals surface area contributed by atoms with Crippen molar-refractivity contribution >= 4 is 57.2 Å². The van der Waals surface area contributed by atoms with Gasteiger partial charge in [0.05, 0.1) is 29.1 Å². The highest BCUT2D eigenvalue weighted by Gasteiger charge is 2.41. The first-order valence-electron chi connectivity index (χ1n) is 16.0. The van der Waals surface area contributed by atoms with Gasteiger partial charge in [-0.05, 0) is 71.6 Å². The average Bonchev–Trinajstić information content (AvgIpc) is 3.36. The maximum atomic E-state index is 13.3. The quantitative estimate of drug-likeness (QED) is 0.116. The van der Waals surface area contributed by atoms with Crippen molar-refractivity contribution in [3.8, 4) is 0 Å². The summed E-state index contributed by atoms with van der Waals surface area (Å²) in [5, 5.41) is 16.0. The molecule has 3 atom stereocenters. The number of aldehydes is 1. The smallest absolute Gasteiger partial charge is 0.282 e. The Kier molecular flexibility index (Phi) is 11.2. The van der Waals surface area contributed by atoms with Gasteiger partial charge >= 0.3 is 0 Å². The lowest BCUT2D eigenvalue weighted by atomic mass is 9.87. The van der Waals surface area contributed by atoms with Crippen molar-refractivity contribution in [1.29, 1.82) is 0 Å². The van der Waals surface area contributed by atoms with Crippen LogP contribution in [-0.4, -0.2) is 102 Å². The Bertz CT molecular complexity index is 1810. The molecule has 3 aromatic rings. The minimum absolute atomic E-state index is 0.00786. The largest absolute Gasteiger partial charge is 0.383 e. The van der Waals surface area contributed by atoms with Gasteiger partial charge in [-0.2, -0.15) is 5.10 Å². The number of aryl methyl sites for hydroxylation is 1. The van der Waals surface area contributed by atoms with Crippen molar-refractivity contribution in [2.45, 2.75) is 37.3 Å². The summed E-state index contributed by atoms with van der Waals surface area (Å²) in [6.45, 7) is 2.18. The van der Waals surface area contributed by atoms with Crippen molar-refractivity contribution < 1.29 is 24.0 Å².